The molecule has 5 heteroatoms. The second kappa shape index (κ2) is 3.44. The van der Waals surface area contributed by atoms with Crippen molar-refractivity contribution < 1.29 is 24.4 Å². The smallest absolute Gasteiger partial charge is 0.157 e. The maximum atomic E-state index is 12.0. The Morgan fingerprint density at radius 2 is 2.00 bits per heavy atom. The van der Waals surface area contributed by atoms with Crippen LogP contribution < -0.4 is 0 Å². The fraction of sp³-hybridized carbons (Fsp3) is 1.00. The van der Waals surface area contributed by atoms with Crippen LogP contribution in [0.25, 0.3) is 0 Å². The van der Waals surface area contributed by atoms with Gasteiger partial charge in [0.1, 0.15) is 18.9 Å². The van der Waals surface area contributed by atoms with Crippen LogP contribution in [-0.2, 0) is 4.74 Å². The summed E-state index contributed by atoms with van der Waals surface area (Å²) in [5.41, 5.74) is 0. The predicted octanol–water partition coefficient (Wildman–Crippen LogP) is -1.21. The maximum absolute atomic E-state index is 12.0. The first-order chi connectivity index (χ1) is 5.15. The first-order valence-electron chi connectivity index (χ1n) is 3.40. The Morgan fingerprint density at radius 1 is 1.36 bits per heavy atom. The van der Waals surface area contributed by atoms with Gasteiger partial charge in [-0.3, -0.25) is 0 Å². The predicted molar refractivity (Wildman–Crippen MR) is 33.5 cm³/mol. The number of ether oxygens (including phenoxy) is 1. The van der Waals surface area contributed by atoms with Crippen molar-refractivity contribution in [1.82, 2.24) is 0 Å². The molecule has 1 rings (SSSR count). The third kappa shape index (κ3) is 1.87. The van der Waals surface area contributed by atoms with Gasteiger partial charge >= 0.3 is 0 Å². The summed E-state index contributed by atoms with van der Waals surface area (Å²) >= 11 is 0. The standard InChI is InChI=1S/C6H11FO4/c7-2-4-6(10)3(8)1-5(9)11-4/h3-6,8-10H,1-2H2/t3-,4-,5-,6+/m0/s1. The molecule has 0 aliphatic carbocycles. The molecule has 0 spiro atoms. The number of hydrogen-bond acceptors (Lipinski definition) is 4. The third-order valence-electron chi connectivity index (χ3n) is 1.70. The normalized spacial score (nSPS) is 45.8. The molecule has 1 aliphatic heterocycles. The van der Waals surface area contributed by atoms with E-state index in [0.29, 0.717) is 0 Å². The fourth-order valence-electron chi connectivity index (χ4n) is 1.06. The Balaban J connectivity index is 2.51. The van der Waals surface area contributed by atoms with E-state index in [4.69, 9.17) is 15.3 Å². The molecular formula is C6H11FO4. The summed E-state index contributed by atoms with van der Waals surface area (Å²) in [6.45, 7) is -0.907. The van der Waals surface area contributed by atoms with Crippen molar-refractivity contribution in [2.24, 2.45) is 0 Å². The lowest BCUT2D eigenvalue weighted by atomic mass is 10.0. The number of hydrogen-bond donors (Lipinski definition) is 3. The second-order valence-electron chi connectivity index (χ2n) is 2.58. The number of halogens is 1. The molecule has 0 amide bonds. The lowest BCUT2D eigenvalue weighted by Crippen LogP contribution is -2.49. The zero-order valence-corrected chi connectivity index (χ0v) is 5.85. The molecule has 11 heavy (non-hydrogen) atoms. The molecular weight excluding hydrogens is 155 g/mol. The van der Waals surface area contributed by atoms with Crippen LogP contribution in [0.15, 0.2) is 0 Å². The van der Waals surface area contributed by atoms with E-state index in [1.807, 2.05) is 0 Å². The Morgan fingerprint density at radius 3 is 2.55 bits per heavy atom. The van der Waals surface area contributed by atoms with Gasteiger partial charge in [-0.15, -0.1) is 0 Å². The molecule has 0 aromatic rings. The number of aliphatic hydroxyl groups is 3. The van der Waals surface area contributed by atoms with Gasteiger partial charge in [0.2, 0.25) is 0 Å². The molecule has 0 bridgehead atoms. The van der Waals surface area contributed by atoms with Crippen molar-refractivity contribution >= 4 is 0 Å². The fourth-order valence-corrected chi connectivity index (χ4v) is 1.06. The van der Waals surface area contributed by atoms with Gasteiger partial charge in [0.05, 0.1) is 6.10 Å². The minimum absolute atomic E-state index is 0.0718. The van der Waals surface area contributed by atoms with E-state index in [1.165, 1.54) is 0 Å². The molecule has 4 atom stereocenters. The van der Waals surface area contributed by atoms with Gasteiger partial charge in [-0.1, -0.05) is 0 Å². The minimum Gasteiger partial charge on any atom is -0.390 e. The Labute approximate surface area is 63.2 Å². The van der Waals surface area contributed by atoms with Crippen LogP contribution in [0.1, 0.15) is 6.42 Å². The van der Waals surface area contributed by atoms with Gasteiger partial charge in [-0.2, -0.15) is 0 Å². The SMILES string of the molecule is O[C@H]1[C@H](CF)O[C@H](O)C[C@@H]1O. The van der Waals surface area contributed by atoms with Crippen molar-refractivity contribution in [2.75, 3.05) is 6.67 Å². The first-order valence-corrected chi connectivity index (χ1v) is 3.40. The van der Waals surface area contributed by atoms with Crippen LogP contribution in [0.4, 0.5) is 4.39 Å². The van der Waals surface area contributed by atoms with Crippen LogP contribution in [-0.4, -0.2) is 46.6 Å². The van der Waals surface area contributed by atoms with Crippen LogP contribution >= 0.6 is 0 Å². The van der Waals surface area contributed by atoms with E-state index in [-0.39, 0.29) is 6.42 Å². The maximum Gasteiger partial charge on any atom is 0.157 e. The zero-order chi connectivity index (χ0) is 8.43. The highest BCUT2D eigenvalue weighted by molar-refractivity contribution is 4.81. The molecule has 1 aliphatic rings. The Hall–Kier alpha value is -0.230. The summed E-state index contributed by atoms with van der Waals surface area (Å²) in [6.07, 6.45) is -4.68. The van der Waals surface area contributed by atoms with Crippen molar-refractivity contribution in [3.05, 3.63) is 0 Å². The molecule has 0 saturated carbocycles. The topological polar surface area (TPSA) is 69.9 Å². The van der Waals surface area contributed by atoms with Gasteiger partial charge in [-0.05, 0) is 0 Å². The highest BCUT2D eigenvalue weighted by Crippen LogP contribution is 2.18. The molecule has 3 N–H and O–H groups in total. The van der Waals surface area contributed by atoms with Crippen molar-refractivity contribution in [2.45, 2.75) is 31.0 Å². The van der Waals surface area contributed by atoms with E-state index < -0.39 is 31.3 Å². The molecule has 0 unspecified atom stereocenters. The van der Waals surface area contributed by atoms with E-state index in [2.05, 4.69) is 4.74 Å². The quantitative estimate of drug-likeness (QED) is 0.457. The molecule has 1 saturated heterocycles. The summed E-state index contributed by atoms with van der Waals surface area (Å²) in [5, 5.41) is 26.9. The average Bonchev–Trinajstić information content (AvgIpc) is 1.96. The summed E-state index contributed by atoms with van der Waals surface area (Å²) in [4.78, 5) is 0. The highest BCUT2D eigenvalue weighted by atomic mass is 19.1. The lowest BCUT2D eigenvalue weighted by molar-refractivity contribution is -0.234. The first kappa shape index (κ1) is 8.86. The van der Waals surface area contributed by atoms with Crippen LogP contribution in [0.5, 0.6) is 0 Å². The zero-order valence-electron chi connectivity index (χ0n) is 5.85. The van der Waals surface area contributed by atoms with E-state index >= 15 is 0 Å². The number of rotatable bonds is 1. The largest absolute Gasteiger partial charge is 0.390 e. The second-order valence-corrected chi connectivity index (χ2v) is 2.58. The molecule has 0 aromatic carbocycles. The van der Waals surface area contributed by atoms with Gasteiger partial charge in [-0.25, -0.2) is 4.39 Å². The average molecular weight is 166 g/mol. The molecule has 66 valence electrons. The monoisotopic (exact) mass is 166 g/mol. The summed E-state index contributed by atoms with van der Waals surface area (Å²) in [6, 6.07) is 0. The van der Waals surface area contributed by atoms with Crippen LogP contribution in [0.2, 0.25) is 0 Å². The van der Waals surface area contributed by atoms with E-state index in [9.17, 15) is 4.39 Å². The van der Waals surface area contributed by atoms with Crippen LogP contribution in [0, 0.1) is 0 Å². The van der Waals surface area contributed by atoms with Crippen molar-refractivity contribution in [3.63, 3.8) is 0 Å². The Kier molecular flexibility index (Phi) is 2.78. The number of aliphatic hydroxyl groups excluding tert-OH is 3. The summed E-state index contributed by atoms with van der Waals surface area (Å²) in [5.74, 6) is 0. The van der Waals surface area contributed by atoms with Crippen molar-refractivity contribution in [3.8, 4) is 0 Å². The number of alkyl halides is 1. The van der Waals surface area contributed by atoms with Crippen molar-refractivity contribution in [1.29, 1.82) is 0 Å². The minimum atomic E-state index is -1.23. The molecule has 0 radical (unpaired) electrons. The molecule has 4 nitrogen and oxygen atoms in total. The van der Waals surface area contributed by atoms with Gasteiger partial charge in [0.15, 0.2) is 6.29 Å². The lowest BCUT2D eigenvalue weighted by Gasteiger charge is -2.33. The van der Waals surface area contributed by atoms with Gasteiger partial charge < -0.3 is 20.1 Å². The van der Waals surface area contributed by atoms with Crippen LogP contribution in [0.3, 0.4) is 0 Å². The Bertz CT molecular complexity index is 132. The molecule has 1 heterocycles. The van der Waals surface area contributed by atoms with E-state index in [0.717, 1.165) is 0 Å². The third-order valence-corrected chi connectivity index (χ3v) is 1.70. The van der Waals surface area contributed by atoms with Gasteiger partial charge in [0.25, 0.3) is 0 Å². The highest BCUT2D eigenvalue weighted by Gasteiger charge is 2.35. The van der Waals surface area contributed by atoms with Gasteiger partial charge in [0, 0.05) is 6.42 Å². The summed E-state index contributed by atoms with van der Waals surface area (Å²) < 4.78 is 16.6. The summed E-state index contributed by atoms with van der Waals surface area (Å²) in [7, 11) is 0. The molecule has 1 fully saturated rings. The van der Waals surface area contributed by atoms with E-state index in [1.54, 1.807) is 0 Å². The molecule has 0 aromatic heterocycles.